The molecule has 0 saturated carbocycles. The molecule has 1 aliphatic heterocycles. The van der Waals surface area contributed by atoms with E-state index < -0.39 is 0 Å². The molecule has 120 valence electrons. The van der Waals surface area contributed by atoms with Gasteiger partial charge < -0.3 is 14.2 Å². The van der Waals surface area contributed by atoms with Crippen LogP contribution in [0.15, 0.2) is 47.1 Å². The Morgan fingerprint density at radius 1 is 1.30 bits per heavy atom. The van der Waals surface area contributed by atoms with Crippen LogP contribution in [0.3, 0.4) is 0 Å². The van der Waals surface area contributed by atoms with Gasteiger partial charge in [-0.25, -0.2) is 0 Å². The summed E-state index contributed by atoms with van der Waals surface area (Å²) in [7, 11) is 3.46. The van der Waals surface area contributed by atoms with E-state index in [0.717, 1.165) is 11.3 Å². The van der Waals surface area contributed by atoms with Gasteiger partial charge >= 0.3 is 0 Å². The van der Waals surface area contributed by atoms with Crippen LogP contribution >= 0.6 is 11.8 Å². The first-order chi connectivity index (χ1) is 11.1. The molecule has 0 radical (unpaired) electrons. The number of thioether (sulfide) groups is 1. The lowest BCUT2D eigenvalue weighted by molar-refractivity contribution is -0.128. The van der Waals surface area contributed by atoms with Gasteiger partial charge in [-0.3, -0.25) is 9.59 Å². The average molecular weight is 330 g/mol. The standard InChI is InChI=1S/C17H18N2O3S/c1-18(2)16(21)12-5-7-13(8-6-12)17-19(15(20)11-23-17)10-14-4-3-9-22-14/h3-9,17H,10-11H2,1-2H3/t17-/m1/s1. The van der Waals surface area contributed by atoms with Crippen molar-refractivity contribution in [3.63, 3.8) is 0 Å². The number of rotatable bonds is 4. The van der Waals surface area contributed by atoms with Crippen molar-refractivity contribution < 1.29 is 14.0 Å². The Morgan fingerprint density at radius 2 is 2.04 bits per heavy atom. The van der Waals surface area contributed by atoms with Gasteiger partial charge in [-0.1, -0.05) is 12.1 Å². The van der Waals surface area contributed by atoms with Crippen molar-refractivity contribution in [1.29, 1.82) is 0 Å². The van der Waals surface area contributed by atoms with Crippen LogP contribution in [-0.4, -0.2) is 41.5 Å². The molecular weight excluding hydrogens is 312 g/mol. The molecule has 2 aromatic rings. The number of carbonyl (C=O) groups is 2. The summed E-state index contributed by atoms with van der Waals surface area (Å²) < 4.78 is 5.35. The van der Waals surface area contributed by atoms with Gasteiger partial charge in [0, 0.05) is 19.7 Å². The molecule has 3 rings (SSSR count). The summed E-state index contributed by atoms with van der Waals surface area (Å²) in [6.07, 6.45) is 1.61. The Labute approximate surface area is 139 Å². The molecular formula is C17H18N2O3S. The summed E-state index contributed by atoms with van der Waals surface area (Å²) in [6.45, 7) is 0.460. The van der Waals surface area contributed by atoms with Gasteiger partial charge in [0.05, 0.1) is 18.6 Å². The van der Waals surface area contributed by atoms with Crippen molar-refractivity contribution in [3.05, 3.63) is 59.5 Å². The van der Waals surface area contributed by atoms with Gasteiger partial charge in [0.25, 0.3) is 5.91 Å². The fraction of sp³-hybridized carbons (Fsp3) is 0.294. The minimum absolute atomic E-state index is 0.0286. The summed E-state index contributed by atoms with van der Waals surface area (Å²) in [5.41, 5.74) is 1.66. The highest BCUT2D eigenvalue weighted by atomic mass is 32.2. The highest BCUT2D eigenvalue weighted by Gasteiger charge is 2.33. The van der Waals surface area contributed by atoms with E-state index in [1.54, 1.807) is 37.0 Å². The Kier molecular flexibility index (Phi) is 4.43. The van der Waals surface area contributed by atoms with Crippen molar-refractivity contribution >= 4 is 23.6 Å². The highest BCUT2D eigenvalue weighted by molar-refractivity contribution is 8.00. The molecule has 1 aromatic heterocycles. The average Bonchev–Trinajstić information content (AvgIpc) is 3.18. The number of carbonyl (C=O) groups excluding carboxylic acids is 2. The Bertz CT molecular complexity index is 695. The van der Waals surface area contributed by atoms with Crippen molar-refractivity contribution in [3.8, 4) is 0 Å². The maximum Gasteiger partial charge on any atom is 0.253 e. The minimum atomic E-state index is -0.0453. The zero-order chi connectivity index (χ0) is 16.4. The molecule has 1 atom stereocenters. The second kappa shape index (κ2) is 6.50. The Hall–Kier alpha value is -2.21. The number of furan rings is 1. The fourth-order valence-electron chi connectivity index (χ4n) is 2.52. The van der Waals surface area contributed by atoms with E-state index in [1.807, 2.05) is 41.3 Å². The first-order valence-corrected chi connectivity index (χ1v) is 8.36. The molecule has 23 heavy (non-hydrogen) atoms. The zero-order valence-corrected chi connectivity index (χ0v) is 13.9. The van der Waals surface area contributed by atoms with Gasteiger partial charge in [0.2, 0.25) is 5.91 Å². The van der Waals surface area contributed by atoms with E-state index in [0.29, 0.717) is 17.9 Å². The van der Waals surface area contributed by atoms with Crippen LogP contribution in [0.5, 0.6) is 0 Å². The first kappa shape index (κ1) is 15.7. The van der Waals surface area contributed by atoms with Crippen LogP contribution in [0.4, 0.5) is 0 Å². The maximum atomic E-state index is 12.2. The molecule has 1 saturated heterocycles. The summed E-state index contributed by atoms with van der Waals surface area (Å²) in [5.74, 6) is 1.30. The minimum Gasteiger partial charge on any atom is -0.467 e. The molecule has 1 aromatic carbocycles. The molecule has 0 bridgehead atoms. The van der Waals surface area contributed by atoms with Crippen LogP contribution in [0.1, 0.15) is 27.1 Å². The van der Waals surface area contributed by atoms with E-state index in [4.69, 9.17) is 4.42 Å². The molecule has 0 N–H and O–H groups in total. The second-order valence-corrected chi connectivity index (χ2v) is 6.65. The normalized spacial score (nSPS) is 17.6. The van der Waals surface area contributed by atoms with Crippen molar-refractivity contribution in [2.24, 2.45) is 0 Å². The smallest absolute Gasteiger partial charge is 0.253 e. The number of hydrogen-bond acceptors (Lipinski definition) is 4. The van der Waals surface area contributed by atoms with Crippen molar-refractivity contribution in [2.75, 3.05) is 19.8 Å². The Balaban J connectivity index is 1.79. The molecule has 5 nitrogen and oxygen atoms in total. The lowest BCUT2D eigenvalue weighted by atomic mass is 10.1. The van der Waals surface area contributed by atoms with Crippen molar-refractivity contribution in [2.45, 2.75) is 11.9 Å². The predicted molar refractivity (Wildman–Crippen MR) is 88.9 cm³/mol. The predicted octanol–water partition coefficient (Wildman–Crippen LogP) is 2.76. The third-order valence-corrected chi connectivity index (χ3v) is 4.98. The summed E-state index contributed by atoms with van der Waals surface area (Å²) >= 11 is 1.59. The van der Waals surface area contributed by atoms with Crippen LogP contribution < -0.4 is 0 Å². The Morgan fingerprint density at radius 3 is 2.65 bits per heavy atom. The topological polar surface area (TPSA) is 53.8 Å². The second-order valence-electron chi connectivity index (χ2n) is 5.59. The fourth-order valence-corrected chi connectivity index (χ4v) is 3.71. The number of amides is 2. The molecule has 0 unspecified atom stereocenters. The monoisotopic (exact) mass is 330 g/mol. The summed E-state index contributed by atoms with van der Waals surface area (Å²) in [4.78, 5) is 27.5. The third kappa shape index (κ3) is 3.27. The number of nitrogens with zero attached hydrogens (tertiary/aromatic N) is 2. The van der Waals surface area contributed by atoms with Crippen molar-refractivity contribution in [1.82, 2.24) is 9.80 Å². The summed E-state index contributed by atoms with van der Waals surface area (Å²) in [5, 5.41) is -0.0453. The lowest BCUT2D eigenvalue weighted by Crippen LogP contribution is -2.27. The molecule has 1 aliphatic rings. The van der Waals surface area contributed by atoms with E-state index >= 15 is 0 Å². The molecule has 2 amide bonds. The van der Waals surface area contributed by atoms with Gasteiger partial charge in [-0.05, 0) is 29.8 Å². The van der Waals surface area contributed by atoms with Gasteiger partial charge in [0.1, 0.15) is 11.1 Å². The van der Waals surface area contributed by atoms with Crippen LogP contribution in [-0.2, 0) is 11.3 Å². The lowest BCUT2D eigenvalue weighted by Gasteiger charge is -2.23. The highest BCUT2D eigenvalue weighted by Crippen LogP contribution is 2.39. The van der Waals surface area contributed by atoms with Crippen LogP contribution in [0.2, 0.25) is 0 Å². The maximum absolute atomic E-state index is 12.2. The molecule has 6 heteroatoms. The first-order valence-electron chi connectivity index (χ1n) is 7.31. The van der Waals surface area contributed by atoms with Gasteiger partial charge in [-0.2, -0.15) is 0 Å². The third-order valence-electron chi connectivity index (χ3n) is 3.72. The van der Waals surface area contributed by atoms with Gasteiger partial charge in [0.15, 0.2) is 0 Å². The summed E-state index contributed by atoms with van der Waals surface area (Å²) in [6, 6.07) is 11.1. The SMILES string of the molecule is CN(C)C(=O)c1ccc([C@H]2SCC(=O)N2Cc2ccco2)cc1. The van der Waals surface area contributed by atoms with Crippen LogP contribution in [0.25, 0.3) is 0 Å². The van der Waals surface area contributed by atoms with E-state index in [2.05, 4.69) is 0 Å². The van der Waals surface area contributed by atoms with Crippen LogP contribution in [0, 0.1) is 0 Å². The zero-order valence-electron chi connectivity index (χ0n) is 13.1. The number of benzene rings is 1. The molecule has 0 aliphatic carbocycles. The van der Waals surface area contributed by atoms with E-state index in [9.17, 15) is 9.59 Å². The quantitative estimate of drug-likeness (QED) is 0.865. The molecule has 0 spiro atoms. The molecule has 2 heterocycles. The largest absolute Gasteiger partial charge is 0.467 e. The van der Waals surface area contributed by atoms with E-state index in [-0.39, 0.29) is 17.2 Å². The van der Waals surface area contributed by atoms with E-state index in [1.165, 1.54) is 0 Å². The number of hydrogen-bond donors (Lipinski definition) is 0. The molecule has 1 fully saturated rings. The van der Waals surface area contributed by atoms with Gasteiger partial charge in [-0.15, -0.1) is 11.8 Å².